The van der Waals surface area contributed by atoms with Crippen LogP contribution in [0.2, 0.25) is 0 Å². The van der Waals surface area contributed by atoms with Crippen molar-refractivity contribution >= 4 is 0 Å². The third-order valence-electron chi connectivity index (χ3n) is 4.17. The molecule has 1 N–H and O–H groups in total. The van der Waals surface area contributed by atoms with E-state index in [1.54, 1.807) is 0 Å². The standard InChI is InChI=1S/C12H24O/c1-5-8(2)12-10(4)9(3)6-7-11(12)13/h8-13H,5-7H2,1-4H3. The van der Waals surface area contributed by atoms with Crippen LogP contribution in [0.3, 0.4) is 0 Å². The number of hydrogen-bond donors (Lipinski definition) is 1. The van der Waals surface area contributed by atoms with Gasteiger partial charge in [-0.15, -0.1) is 0 Å². The highest BCUT2D eigenvalue weighted by atomic mass is 16.3. The zero-order valence-electron chi connectivity index (χ0n) is 9.46. The quantitative estimate of drug-likeness (QED) is 0.699. The van der Waals surface area contributed by atoms with E-state index in [-0.39, 0.29) is 6.10 Å². The van der Waals surface area contributed by atoms with Crippen molar-refractivity contribution in [1.82, 2.24) is 0 Å². The Labute approximate surface area is 82.5 Å². The van der Waals surface area contributed by atoms with Crippen LogP contribution in [0.25, 0.3) is 0 Å². The van der Waals surface area contributed by atoms with E-state index >= 15 is 0 Å². The van der Waals surface area contributed by atoms with Gasteiger partial charge in [-0.1, -0.05) is 34.1 Å². The van der Waals surface area contributed by atoms with Crippen LogP contribution in [0.4, 0.5) is 0 Å². The maximum atomic E-state index is 9.96. The summed E-state index contributed by atoms with van der Waals surface area (Å²) in [5, 5.41) is 9.96. The zero-order valence-corrected chi connectivity index (χ0v) is 9.46. The molecule has 1 saturated carbocycles. The molecule has 0 saturated heterocycles. The van der Waals surface area contributed by atoms with Gasteiger partial charge in [0.05, 0.1) is 6.10 Å². The van der Waals surface area contributed by atoms with Crippen LogP contribution in [0.1, 0.15) is 47.0 Å². The molecule has 1 rings (SSSR count). The third-order valence-corrected chi connectivity index (χ3v) is 4.17. The summed E-state index contributed by atoms with van der Waals surface area (Å²) in [6.07, 6.45) is 3.37. The molecule has 0 aromatic heterocycles. The molecule has 0 spiro atoms. The normalized spacial score (nSPS) is 43.2. The average Bonchev–Trinajstić information content (AvgIpc) is 2.12. The van der Waals surface area contributed by atoms with E-state index in [2.05, 4.69) is 27.7 Å². The van der Waals surface area contributed by atoms with Gasteiger partial charge in [-0.2, -0.15) is 0 Å². The lowest BCUT2D eigenvalue weighted by molar-refractivity contribution is -0.0152. The molecule has 0 amide bonds. The molecule has 1 aliphatic carbocycles. The Morgan fingerprint density at radius 3 is 2.46 bits per heavy atom. The van der Waals surface area contributed by atoms with Crippen LogP contribution in [-0.2, 0) is 0 Å². The molecule has 0 heterocycles. The minimum atomic E-state index is -0.0406. The van der Waals surface area contributed by atoms with Crippen molar-refractivity contribution in [2.45, 2.75) is 53.1 Å². The van der Waals surface area contributed by atoms with E-state index in [1.807, 2.05) is 0 Å². The largest absolute Gasteiger partial charge is 0.393 e. The van der Waals surface area contributed by atoms with Gasteiger partial charge in [0.2, 0.25) is 0 Å². The third kappa shape index (κ3) is 2.25. The number of rotatable bonds is 2. The summed E-state index contributed by atoms with van der Waals surface area (Å²) >= 11 is 0. The molecule has 0 aromatic rings. The molecular weight excluding hydrogens is 160 g/mol. The van der Waals surface area contributed by atoms with Gasteiger partial charge in [0.25, 0.3) is 0 Å². The van der Waals surface area contributed by atoms with E-state index in [4.69, 9.17) is 0 Å². The fraction of sp³-hybridized carbons (Fsp3) is 1.00. The highest BCUT2D eigenvalue weighted by Crippen LogP contribution is 2.39. The molecule has 1 fully saturated rings. The Balaban J connectivity index is 2.65. The Morgan fingerprint density at radius 1 is 1.31 bits per heavy atom. The highest BCUT2D eigenvalue weighted by molar-refractivity contribution is 4.85. The van der Waals surface area contributed by atoms with Crippen molar-refractivity contribution in [1.29, 1.82) is 0 Å². The maximum absolute atomic E-state index is 9.96. The van der Waals surface area contributed by atoms with Crippen molar-refractivity contribution in [3.8, 4) is 0 Å². The first-order valence-electron chi connectivity index (χ1n) is 5.76. The van der Waals surface area contributed by atoms with Crippen LogP contribution in [-0.4, -0.2) is 11.2 Å². The maximum Gasteiger partial charge on any atom is 0.0573 e. The molecule has 0 aliphatic heterocycles. The van der Waals surface area contributed by atoms with E-state index in [9.17, 15) is 5.11 Å². The fourth-order valence-corrected chi connectivity index (χ4v) is 2.79. The van der Waals surface area contributed by atoms with Crippen molar-refractivity contribution in [2.24, 2.45) is 23.7 Å². The first-order valence-corrected chi connectivity index (χ1v) is 5.76. The Bertz CT molecular complexity index is 151. The van der Waals surface area contributed by atoms with Crippen LogP contribution in [0.5, 0.6) is 0 Å². The monoisotopic (exact) mass is 184 g/mol. The molecule has 13 heavy (non-hydrogen) atoms. The lowest BCUT2D eigenvalue weighted by atomic mass is 9.67. The number of hydrogen-bond acceptors (Lipinski definition) is 1. The van der Waals surface area contributed by atoms with Crippen molar-refractivity contribution in [3.63, 3.8) is 0 Å². The zero-order chi connectivity index (χ0) is 10.0. The van der Waals surface area contributed by atoms with Gasteiger partial charge >= 0.3 is 0 Å². The predicted octanol–water partition coefficient (Wildman–Crippen LogP) is 3.08. The second kappa shape index (κ2) is 4.45. The fourth-order valence-electron chi connectivity index (χ4n) is 2.79. The van der Waals surface area contributed by atoms with E-state index < -0.39 is 0 Å². The van der Waals surface area contributed by atoms with Gasteiger partial charge < -0.3 is 5.11 Å². The number of aliphatic hydroxyl groups is 1. The molecule has 1 heteroatoms. The van der Waals surface area contributed by atoms with E-state index in [0.29, 0.717) is 17.8 Å². The van der Waals surface area contributed by atoms with Crippen LogP contribution in [0.15, 0.2) is 0 Å². The smallest absolute Gasteiger partial charge is 0.0573 e. The highest BCUT2D eigenvalue weighted by Gasteiger charge is 2.36. The summed E-state index contributed by atoms with van der Waals surface area (Å²) in [6, 6.07) is 0. The first-order chi connectivity index (χ1) is 6.07. The predicted molar refractivity (Wildman–Crippen MR) is 56.5 cm³/mol. The summed E-state index contributed by atoms with van der Waals surface area (Å²) < 4.78 is 0. The SMILES string of the molecule is CCC(C)C1C(O)CCC(C)C1C. The van der Waals surface area contributed by atoms with Gasteiger partial charge in [-0.25, -0.2) is 0 Å². The summed E-state index contributed by atoms with van der Waals surface area (Å²) in [4.78, 5) is 0. The van der Waals surface area contributed by atoms with Crippen LogP contribution >= 0.6 is 0 Å². The minimum Gasteiger partial charge on any atom is -0.393 e. The molecule has 5 atom stereocenters. The van der Waals surface area contributed by atoms with Gasteiger partial charge in [-0.3, -0.25) is 0 Å². The lowest BCUT2D eigenvalue weighted by Gasteiger charge is -2.41. The first kappa shape index (κ1) is 11.0. The van der Waals surface area contributed by atoms with Crippen molar-refractivity contribution in [2.75, 3.05) is 0 Å². The Hall–Kier alpha value is -0.0400. The van der Waals surface area contributed by atoms with Crippen molar-refractivity contribution in [3.05, 3.63) is 0 Å². The lowest BCUT2D eigenvalue weighted by Crippen LogP contribution is -2.39. The Kier molecular flexibility index (Phi) is 3.78. The molecule has 5 unspecified atom stereocenters. The van der Waals surface area contributed by atoms with Crippen LogP contribution < -0.4 is 0 Å². The molecule has 1 nitrogen and oxygen atoms in total. The van der Waals surface area contributed by atoms with Gasteiger partial charge in [0, 0.05) is 0 Å². The summed E-state index contributed by atoms with van der Waals surface area (Å²) in [6.45, 7) is 9.14. The molecular formula is C12H24O. The molecule has 1 aliphatic rings. The summed E-state index contributed by atoms with van der Waals surface area (Å²) in [5.74, 6) is 2.70. The Morgan fingerprint density at radius 2 is 1.92 bits per heavy atom. The topological polar surface area (TPSA) is 20.2 Å². The number of aliphatic hydroxyl groups excluding tert-OH is 1. The second-order valence-electron chi connectivity index (χ2n) is 4.94. The average molecular weight is 184 g/mol. The van der Waals surface area contributed by atoms with Crippen LogP contribution in [0, 0.1) is 23.7 Å². The molecule has 0 aromatic carbocycles. The second-order valence-corrected chi connectivity index (χ2v) is 4.94. The van der Waals surface area contributed by atoms with Gasteiger partial charge in [0.15, 0.2) is 0 Å². The summed E-state index contributed by atoms with van der Waals surface area (Å²) in [5.41, 5.74) is 0. The van der Waals surface area contributed by atoms with Gasteiger partial charge in [0.1, 0.15) is 0 Å². The van der Waals surface area contributed by atoms with Gasteiger partial charge in [-0.05, 0) is 36.5 Å². The van der Waals surface area contributed by atoms with Crippen molar-refractivity contribution < 1.29 is 5.11 Å². The van der Waals surface area contributed by atoms with E-state index in [0.717, 1.165) is 12.3 Å². The molecule has 0 bridgehead atoms. The minimum absolute atomic E-state index is 0.0406. The summed E-state index contributed by atoms with van der Waals surface area (Å²) in [7, 11) is 0. The molecule has 78 valence electrons. The van der Waals surface area contributed by atoms with E-state index in [1.165, 1.54) is 12.8 Å². The molecule has 0 radical (unpaired) electrons.